The number of benzene rings is 1. The predicted molar refractivity (Wildman–Crippen MR) is 70.5 cm³/mol. The van der Waals surface area contributed by atoms with Gasteiger partial charge in [0.25, 0.3) is 0 Å². The fraction of sp³-hybridized carbons (Fsp3) is 0.500. The van der Waals surface area contributed by atoms with Crippen molar-refractivity contribution in [2.75, 3.05) is 26.2 Å². The second-order valence-corrected chi connectivity index (χ2v) is 4.09. The number of nitrogens with zero attached hydrogens (tertiary/aromatic N) is 2. The summed E-state index contributed by atoms with van der Waals surface area (Å²) in [6, 6.07) is 7.88. The topological polar surface area (TPSA) is 39.1 Å². The smallest absolute Gasteiger partial charge is 0.123 e. The van der Waals surface area contributed by atoms with Crippen molar-refractivity contribution in [3.63, 3.8) is 0 Å². The SMILES string of the molecule is CCN(CC)CCNC(C#N)c1ccc(F)cc1. The highest BCUT2D eigenvalue weighted by Crippen LogP contribution is 2.12. The summed E-state index contributed by atoms with van der Waals surface area (Å²) in [7, 11) is 0. The normalized spacial score (nSPS) is 12.4. The number of likely N-dealkylation sites (N-methyl/N-ethyl adjacent to an activating group) is 1. The van der Waals surface area contributed by atoms with Gasteiger partial charge in [-0.05, 0) is 30.8 Å². The van der Waals surface area contributed by atoms with Gasteiger partial charge in [0.15, 0.2) is 0 Å². The lowest BCUT2D eigenvalue weighted by atomic mass is 10.1. The summed E-state index contributed by atoms with van der Waals surface area (Å²) >= 11 is 0. The molecular weight excluding hydrogens is 229 g/mol. The summed E-state index contributed by atoms with van der Waals surface area (Å²) in [5.41, 5.74) is 0.804. The molecule has 1 aromatic rings. The van der Waals surface area contributed by atoms with Crippen LogP contribution in [0.25, 0.3) is 0 Å². The van der Waals surface area contributed by atoms with Gasteiger partial charge < -0.3 is 4.90 Å². The van der Waals surface area contributed by atoms with Gasteiger partial charge in [-0.15, -0.1) is 0 Å². The maximum absolute atomic E-state index is 12.8. The van der Waals surface area contributed by atoms with Crippen molar-refractivity contribution in [1.29, 1.82) is 5.26 Å². The van der Waals surface area contributed by atoms with E-state index in [9.17, 15) is 4.39 Å². The Morgan fingerprint density at radius 3 is 2.39 bits per heavy atom. The van der Waals surface area contributed by atoms with E-state index in [0.717, 1.165) is 31.7 Å². The molecule has 0 heterocycles. The highest BCUT2D eigenvalue weighted by molar-refractivity contribution is 5.24. The standard InChI is InChI=1S/C14H20FN3/c1-3-18(4-2)10-9-17-14(11-16)12-5-7-13(15)8-6-12/h5-8,14,17H,3-4,9-10H2,1-2H3. The van der Waals surface area contributed by atoms with Crippen LogP contribution in [0.4, 0.5) is 4.39 Å². The zero-order valence-corrected chi connectivity index (χ0v) is 11.0. The summed E-state index contributed by atoms with van der Waals surface area (Å²) in [5, 5.41) is 12.3. The van der Waals surface area contributed by atoms with Crippen molar-refractivity contribution in [3.8, 4) is 6.07 Å². The first-order valence-corrected chi connectivity index (χ1v) is 6.32. The molecule has 3 nitrogen and oxygen atoms in total. The van der Waals surface area contributed by atoms with Crippen molar-refractivity contribution in [2.45, 2.75) is 19.9 Å². The molecule has 0 aliphatic carbocycles. The molecule has 1 rings (SSSR count). The van der Waals surface area contributed by atoms with E-state index in [1.165, 1.54) is 12.1 Å². The Morgan fingerprint density at radius 2 is 1.89 bits per heavy atom. The van der Waals surface area contributed by atoms with E-state index in [0.29, 0.717) is 0 Å². The summed E-state index contributed by atoms with van der Waals surface area (Å²) in [6.07, 6.45) is 0. The Labute approximate surface area is 108 Å². The number of nitrogens with one attached hydrogen (secondary N) is 1. The Kier molecular flexibility index (Phi) is 6.34. The largest absolute Gasteiger partial charge is 0.303 e. The minimum atomic E-state index is -0.374. The van der Waals surface area contributed by atoms with Crippen molar-refractivity contribution in [3.05, 3.63) is 35.6 Å². The fourth-order valence-electron chi connectivity index (χ4n) is 1.80. The van der Waals surface area contributed by atoms with Gasteiger partial charge in [0.2, 0.25) is 0 Å². The number of rotatable bonds is 7. The lowest BCUT2D eigenvalue weighted by Crippen LogP contribution is -2.33. The molecule has 18 heavy (non-hydrogen) atoms. The molecule has 4 heteroatoms. The molecule has 1 aromatic carbocycles. The van der Waals surface area contributed by atoms with Crippen molar-refractivity contribution < 1.29 is 4.39 Å². The van der Waals surface area contributed by atoms with E-state index in [1.807, 2.05) is 0 Å². The minimum Gasteiger partial charge on any atom is -0.303 e. The Morgan fingerprint density at radius 1 is 1.28 bits per heavy atom. The van der Waals surface area contributed by atoms with Crippen molar-refractivity contribution in [1.82, 2.24) is 10.2 Å². The second-order valence-electron chi connectivity index (χ2n) is 4.09. The average molecular weight is 249 g/mol. The molecule has 0 amide bonds. The lowest BCUT2D eigenvalue weighted by molar-refractivity contribution is 0.300. The van der Waals surface area contributed by atoms with Crippen molar-refractivity contribution in [2.24, 2.45) is 0 Å². The predicted octanol–water partition coefficient (Wildman–Crippen LogP) is 2.32. The van der Waals surface area contributed by atoms with Crippen LogP contribution >= 0.6 is 0 Å². The summed E-state index contributed by atoms with van der Waals surface area (Å²) < 4.78 is 12.8. The van der Waals surface area contributed by atoms with Crippen LogP contribution in [-0.4, -0.2) is 31.1 Å². The van der Waals surface area contributed by atoms with Crippen LogP contribution in [0.5, 0.6) is 0 Å². The molecule has 0 aromatic heterocycles. The zero-order valence-electron chi connectivity index (χ0n) is 11.0. The van der Waals surface area contributed by atoms with E-state index in [4.69, 9.17) is 5.26 Å². The molecule has 0 spiro atoms. The van der Waals surface area contributed by atoms with E-state index >= 15 is 0 Å². The van der Waals surface area contributed by atoms with E-state index in [2.05, 4.69) is 30.1 Å². The van der Waals surface area contributed by atoms with Crippen LogP contribution in [-0.2, 0) is 0 Å². The van der Waals surface area contributed by atoms with Gasteiger partial charge in [-0.25, -0.2) is 4.39 Å². The number of nitriles is 1. The third kappa shape index (κ3) is 4.44. The molecule has 1 N–H and O–H groups in total. The van der Waals surface area contributed by atoms with Crippen LogP contribution < -0.4 is 5.32 Å². The highest BCUT2D eigenvalue weighted by Gasteiger charge is 2.09. The van der Waals surface area contributed by atoms with Gasteiger partial charge in [0, 0.05) is 13.1 Å². The van der Waals surface area contributed by atoms with Gasteiger partial charge in [-0.2, -0.15) is 5.26 Å². The maximum atomic E-state index is 12.8. The third-order valence-electron chi connectivity index (χ3n) is 3.00. The summed E-state index contributed by atoms with van der Waals surface area (Å²) in [5.74, 6) is -0.279. The van der Waals surface area contributed by atoms with Gasteiger partial charge >= 0.3 is 0 Å². The minimum absolute atomic E-state index is 0.279. The molecule has 98 valence electrons. The second kappa shape index (κ2) is 7.80. The molecule has 0 radical (unpaired) electrons. The van der Waals surface area contributed by atoms with Crippen LogP contribution in [0, 0.1) is 17.1 Å². The van der Waals surface area contributed by atoms with Gasteiger partial charge in [0.05, 0.1) is 6.07 Å². The average Bonchev–Trinajstić information content (AvgIpc) is 2.41. The maximum Gasteiger partial charge on any atom is 0.123 e. The van der Waals surface area contributed by atoms with Gasteiger partial charge in [0.1, 0.15) is 11.9 Å². The summed E-state index contributed by atoms with van der Waals surface area (Å²) in [4.78, 5) is 2.28. The van der Waals surface area contributed by atoms with E-state index < -0.39 is 0 Å². The quantitative estimate of drug-likeness (QED) is 0.806. The van der Waals surface area contributed by atoms with Gasteiger partial charge in [-0.1, -0.05) is 26.0 Å². The zero-order chi connectivity index (χ0) is 13.4. The Hall–Kier alpha value is -1.44. The first kappa shape index (κ1) is 14.6. The van der Waals surface area contributed by atoms with Crippen LogP contribution in [0.2, 0.25) is 0 Å². The first-order chi connectivity index (χ1) is 8.71. The first-order valence-electron chi connectivity index (χ1n) is 6.32. The van der Waals surface area contributed by atoms with E-state index in [1.54, 1.807) is 12.1 Å². The molecule has 0 saturated carbocycles. The van der Waals surface area contributed by atoms with Gasteiger partial charge in [-0.3, -0.25) is 5.32 Å². The van der Waals surface area contributed by atoms with Crippen LogP contribution in [0.3, 0.4) is 0 Å². The molecule has 0 fully saturated rings. The number of hydrogen-bond donors (Lipinski definition) is 1. The molecular formula is C14H20FN3. The van der Waals surface area contributed by atoms with Crippen molar-refractivity contribution >= 4 is 0 Å². The molecule has 1 unspecified atom stereocenters. The Bertz CT molecular complexity index is 379. The molecule has 0 bridgehead atoms. The molecule has 1 atom stereocenters. The Balaban J connectivity index is 2.48. The number of hydrogen-bond acceptors (Lipinski definition) is 3. The molecule has 0 aliphatic heterocycles. The fourth-order valence-corrected chi connectivity index (χ4v) is 1.80. The third-order valence-corrected chi connectivity index (χ3v) is 3.00. The highest BCUT2D eigenvalue weighted by atomic mass is 19.1. The van der Waals surface area contributed by atoms with Crippen LogP contribution in [0.1, 0.15) is 25.5 Å². The van der Waals surface area contributed by atoms with E-state index in [-0.39, 0.29) is 11.9 Å². The molecule has 0 aliphatic rings. The lowest BCUT2D eigenvalue weighted by Gasteiger charge is -2.19. The van der Waals surface area contributed by atoms with Crippen LogP contribution in [0.15, 0.2) is 24.3 Å². The number of halogens is 1. The molecule has 0 saturated heterocycles. The monoisotopic (exact) mass is 249 g/mol. The summed E-state index contributed by atoms with van der Waals surface area (Å²) in [6.45, 7) is 7.90.